The van der Waals surface area contributed by atoms with Crippen LogP contribution >= 0.6 is 11.8 Å². The first-order valence-corrected chi connectivity index (χ1v) is 10.1. The van der Waals surface area contributed by atoms with Crippen LogP contribution in [-0.4, -0.2) is 60.0 Å². The Bertz CT molecular complexity index is 739. The molecule has 1 amide bonds. The fourth-order valence-corrected chi connectivity index (χ4v) is 4.05. The molecule has 0 unspecified atom stereocenters. The van der Waals surface area contributed by atoms with Gasteiger partial charge < -0.3 is 15.0 Å². The highest BCUT2D eigenvalue weighted by molar-refractivity contribution is 7.99. The van der Waals surface area contributed by atoms with E-state index >= 15 is 0 Å². The zero-order valence-electron chi connectivity index (χ0n) is 14.6. The molecule has 0 bridgehead atoms. The standard InChI is InChI=1S/C19H22N4O2S/c24-19(20-16-7-10-25-13-16)15-3-1-14(2-4-15)17-5-6-18(22-21-17)23-8-11-26-12-9-23/h1-6,16H,7-13H2,(H,20,24)/t16-/m1/s1. The Hall–Kier alpha value is -2.12. The lowest BCUT2D eigenvalue weighted by atomic mass is 10.1. The van der Waals surface area contributed by atoms with Gasteiger partial charge in [0.15, 0.2) is 5.82 Å². The molecule has 7 heteroatoms. The second-order valence-corrected chi connectivity index (χ2v) is 7.71. The molecule has 6 nitrogen and oxygen atoms in total. The average molecular weight is 370 g/mol. The molecule has 2 aromatic rings. The van der Waals surface area contributed by atoms with Crippen molar-refractivity contribution in [3.05, 3.63) is 42.0 Å². The Morgan fingerprint density at radius 3 is 2.58 bits per heavy atom. The highest BCUT2D eigenvalue weighted by Crippen LogP contribution is 2.21. The van der Waals surface area contributed by atoms with Crippen molar-refractivity contribution in [1.29, 1.82) is 0 Å². The van der Waals surface area contributed by atoms with E-state index in [0.29, 0.717) is 12.2 Å². The summed E-state index contributed by atoms with van der Waals surface area (Å²) in [5, 5.41) is 11.7. The summed E-state index contributed by atoms with van der Waals surface area (Å²) in [5.41, 5.74) is 2.42. The number of anilines is 1. The summed E-state index contributed by atoms with van der Waals surface area (Å²) >= 11 is 1.98. The summed E-state index contributed by atoms with van der Waals surface area (Å²) in [4.78, 5) is 14.5. The Balaban J connectivity index is 1.42. The molecular weight excluding hydrogens is 348 g/mol. The predicted molar refractivity (Wildman–Crippen MR) is 104 cm³/mol. The molecule has 0 spiro atoms. The van der Waals surface area contributed by atoms with Crippen LogP contribution in [0.25, 0.3) is 11.3 Å². The number of thioether (sulfide) groups is 1. The van der Waals surface area contributed by atoms with Crippen molar-refractivity contribution < 1.29 is 9.53 Å². The van der Waals surface area contributed by atoms with Crippen molar-refractivity contribution in [3.63, 3.8) is 0 Å². The van der Waals surface area contributed by atoms with Gasteiger partial charge in [-0.25, -0.2) is 0 Å². The van der Waals surface area contributed by atoms with Crippen LogP contribution in [0.1, 0.15) is 16.8 Å². The molecule has 2 fully saturated rings. The molecule has 1 N–H and O–H groups in total. The first kappa shape index (κ1) is 17.3. The van der Waals surface area contributed by atoms with Crippen LogP contribution < -0.4 is 10.2 Å². The molecule has 3 heterocycles. The third-order valence-corrected chi connectivity index (χ3v) is 5.64. The molecule has 2 aliphatic heterocycles. The van der Waals surface area contributed by atoms with Crippen molar-refractivity contribution in [2.75, 3.05) is 42.7 Å². The van der Waals surface area contributed by atoms with Crippen LogP contribution in [0.15, 0.2) is 36.4 Å². The number of carbonyl (C=O) groups excluding carboxylic acids is 1. The van der Waals surface area contributed by atoms with Crippen molar-refractivity contribution in [2.24, 2.45) is 0 Å². The van der Waals surface area contributed by atoms with Crippen LogP contribution in [-0.2, 0) is 4.74 Å². The number of hydrogen-bond acceptors (Lipinski definition) is 6. The minimum Gasteiger partial charge on any atom is -0.379 e. The van der Waals surface area contributed by atoms with E-state index in [1.165, 1.54) is 0 Å². The van der Waals surface area contributed by atoms with Crippen LogP contribution in [0.3, 0.4) is 0 Å². The fraction of sp³-hybridized carbons (Fsp3) is 0.421. The molecule has 0 radical (unpaired) electrons. The normalized spacial score (nSPS) is 20.2. The molecule has 0 aliphatic carbocycles. The topological polar surface area (TPSA) is 67.3 Å². The number of benzene rings is 1. The largest absolute Gasteiger partial charge is 0.379 e. The molecule has 136 valence electrons. The third-order valence-electron chi connectivity index (χ3n) is 4.69. The fourth-order valence-electron chi connectivity index (χ4n) is 3.15. The summed E-state index contributed by atoms with van der Waals surface area (Å²) in [6.45, 7) is 3.36. The smallest absolute Gasteiger partial charge is 0.251 e. The Kier molecular flexibility index (Phi) is 5.36. The van der Waals surface area contributed by atoms with Crippen molar-refractivity contribution in [3.8, 4) is 11.3 Å². The van der Waals surface area contributed by atoms with E-state index in [1.807, 2.05) is 48.2 Å². The minimum atomic E-state index is -0.0588. The quantitative estimate of drug-likeness (QED) is 0.890. The van der Waals surface area contributed by atoms with Gasteiger partial charge >= 0.3 is 0 Å². The van der Waals surface area contributed by atoms with Crippen LogP contribution in [0, 0.1) is 0 Å². The van der Waals surface area contributed by atoms with Crippen molar-refractivity contribution in [2.45, 2.75) is 12.5 Å². The van der Waals surface area contributed by atoms with Gasteiger partial charge in [0, 0.05) is 42.3 Å². The summed E-state index contributed by atoms with van der Waals surface area (Å²) in [7, 11) is 0. The molecule has 2 saturated heterocycles. The van der Waals surface area contributed by atoms with E-state index in [0.717, 1.165) is 54.7 Å². The van der Waals surface area contributed by atoms with Gasteiger partial charge in [-0.3, -0.25) is 4.79 Å². The maximum Gasteiger partial charge on any atom is 0.251 e. The second-order valence-electron chi connectivity index (χ2n) is 6.49. The average Bonchev–Trinajstić information content (AvgIpc) is 3.22. The number of aromatic nitrogens is 2. The van der Waals surface area contributed by atoms with Gasteiger partial charge in [0.05, 0.1) is 18.3 Å². The number of carbonyl (C=O) groups is 1. The van der Waals surface area contributed by atoms with E-state index in [4.69, 9.17) is 4.74 Å². The summed E-state index contributed by atoms with van der Waals surface area (Å²) < 4.78 is 5.29. The van der Waals surface area contributed by atoms with Gasteiger partial charge in [-0.05, 0) is 30.7 Å². The Morgan fingerprint density at radius 2 is 1.92 bits per heavy atom. The summed E-state index contributed by atoms with van der Waals surface area (Å²) in [6, 6.07) is 11.6. The molecule has 0 saturated carbocycles. The molecule has 1 aromatic heterocycles. The SMILES string of the molecule is O=C(N[C@@H]1CCOC1)c1ccc(-c2ccc(N3CCSCC3)nn2)cc1. The number of rotatable bonds is 4. The zero-order chi connectivity index (χ0) is 17.8. The molecule has 4 rings (SSSR count). The lowest BCUT2D eigenvalue weighted by Crippen LogP contribution is -2.34. The van der Waals surface area contributed by atoms with Gasteiger partial charge in [0.2, 0.25) is 0 Å². The zero-order valence-corrected chi connectivity index (χ0v) is 15.4. The summed E-state index contributed by atoms with van der Waals surface area (Å²) in [5.74, 6) is 3.15. The molecule has 26 heavy (non-hydrogen) atoms. The van der Waals surface area contributed by atoms with Crippen molar-refractivity contribution >= 4 is 23.5 Å². The highest BCUT2D eigenvalue weighted by Gasteiger charge is 2.18. The molecular formula is C19H22N4O2S. The number of amides is 1. The van der Waals surface area contributed by atoms with Crippen molar-refractivity contribution in [1.82, 2.24) is 15.5 Å². The predicted octanol–water partition coefficient (Wildman–Crippen LogP) is 2.22. The Labute approximate surface area is 157 Å². The third kappa shape index (κ3) is 3.99. The van der Waals surface area contributed by atoms with E-state index in [1.54, 1.807) is 0 Å². The number of nitrogens with zero attached hydrogens (tertiary/aromatic N) is 3. The van der Waals surface area contributed by atoms with E-state index in [9.17, 15) is 4.79 Å². The van der Waals surface area contributed by atoms with E-state index < -0.39 is 0 Å². The van der Waals surface area contributed by atoms with Gasteiger partial charge in [-0.1, -0.05) is 12.1 Å². The van der Waals surface area contributed by atoms with Crippen LogP contribution in [0.4, 0.5) is 5.82 Å². The maximum absolute atomic E-state index is 12.3. The van der Waals surface area contributed by atoms with Crippen LogP contribution in [0.5, 0.6) is 0 Å². The number of ether oxygens (including phenoxy) is 1. The number of hydrogen-bond donors (Lipinski definition) is 1. The Morgan fingerprint density at radius 1 is 1.12 bits per heavy atom. The minimum absolute atomic E-state index is 0.0588. The number of nitrogens with one attached hydrogen (secondary N) is 1. The lowest BCUT2D eigenvalue weighted by molar-refractivity contribution is 0.0930. The van der Waals surface area contributed by atoms with Gasteiger partial charge in [-0.2, -0.15) is 11.8 Å². The highest BCUT2D eigenvalue weighted by atomic mass is 32.2. The molecule has 2 aliphatic rings. The second kappa shape index (κ2) is 8.05. The summed E-state index contributed by atoms with van der Waals surface area (Å²) in [6.07, 6.45) is 0.876. The monoisotopic (exact) mass is 370 g/mol. The molecule has 1 atom stereocenters. The van der Waals surface area contributed by atoms with Crippen LogP contribution in [0.2, 0.25) is 0 Å². The first-order chi connectivity index (χ1) is 12.8. The molecule has 1 aromatic carbocycles. The van der Waals surface area contributed by atoms with Gasteiger partial charge in [0.25, 0.3) is 5.91 Å². The maximum atomic E-state index is 12.3. The lowest BCUT2D eigenvalue weighted by Gasteiger charge is -2.26. The van der Waals surface area contributed by atoms with E-state index in [2.05, 4.69) is 20.4 Å². The first-order valence-electron chi connectivity index (χ1n) is 8.95. The van der Waals surface area contributed by atoms with E-state index in [-0.39, 0.29) is 11.9 Å². The van der Waals surface area contributed by atoms with Gasteiger partial charge in [-0.15, -0.1) is 10.2 Å². The van der Waals surface area contributed by atoms with Gasteiger partial charge in [0.1, 0.15) is 0 Å².